The Balaban J connectivity index is 1.55. The largest absolute Gasteiger partial charge is 0.469 e. The number of aromatic nitrogens is 2. The van der Waals surface area contributed by atoms with Crippen molar-refractivity contribution < 1.29 is 18.5 Å². The van der Waals surface area contributed by atoms with E-state index in [2.05, 4.69) is 30.6 Å². The number of esters is 1. The van der Waals surface area contributed by atoms with E-state index in [1.165, 1.54) is 19.1 Å². The van der Waals surface area contributed by atoms with Gasteiger partial charge in [-0.15, -0.1) is 0 Å². The van der Waals surface area contributed by atoms with Gasteiger partial charge in [-0.1, -0.05) is 37.6 Å². The molecule has 6 nitrogen and oxygen atoms in total. The van der Waals surface area contributed by atoms with Crippen molar-refractivity contribution in [3.05, 3.63) is 35.9 Å². The molecule has 31 heavy (non-hydrogen) atoms. The van der Waals surface area contributed by atoms with Crippen molar-refractivity contribution in [1.82, 2.24) is 10.1 Å². The minimum absolute atomic E-state index is 0.0119. The molecule has 2 fully saturated rings. The van der Waals surface area contributed by atoms with Gasteiger partial charge < -0.3 is 13.7 Å². The Morgan fingerprint density at radius 2 is 2.16 bits per heavy atom. The highest BCUT2D eigenvalue weighted by Crippen LogP contribution is 2.62. The van der Waals surface area contributed by atoms with Crippen molar-refractivity contribution in [2.24, 2.45) is 22.7 Å². The third kappa shape index (κ3) is 3.97. The van der Waals surface area contributed by atoms with Crippen molar-refractivity contribution in [3.8, 4) is 11.6 Å². The molecule has 0 radical (unpaired) electrons. The summed E-state index contributed by atoms with van der Waals surface area (Å²) in [6.07, 6.45) is 9.63. The average molecular weight is 427 g/mol. The normalized spacial score (nSPS) is 30.8. The highest BCUT2D eigenvalue weighted by Gasteiger charge is 2.54. The van der Waals surface area contributed by atoms with Gasteiger partial charge in [-0.25, -0.2) is 0 Å². The zero-order chi connectivity index (χ0) is 22.2. The molecule has 2 aromatic rings. The minimum Gasteiger partial charge on any atom is -0.469 e. The SMILES string of the molecule is C=C1CC[C@H]2[C@@](C)(CC(=O)OC)CCC[C@]2(C)[C@H]1CCc1ccoc1-c1noc(C)n1. The molecule has 2 aromatic heterocycles. The van der Waals surface area contributed by atoms with Crippen LogP contribution in [0.3, 0.4) is 0 Å². The Kier molecular flexibility index (Phi) is 5.84. The van der Waals surface area contributed by atoms with Gasteiger partial charge in [-0.05, 0) is 67.3 Å². The summed E-state index contributed by atoms with van der Waals surface area (Å²) in [5.41, 5.74) is 2.58. The summed E-state index contributed by atoms with van der Waals surface area (Å²) in [6, 6.07) is 2.01. The monoisotopic (exact) mass is 426 g/mol. The van der Waals surface area contributed by atoms with E-state index in [0.29, 0.717) is 35.7 Å². The molecule has 0 saturated heterocycles. The lowest BCUT2D eigenvalue weighted by molar-refractivity contribution is -0.148. The first-order chi connectivity index (χ1) is 14.8. The maximum absolute atomic E-state index is 12.2. The standard InChI is InChI=1S/C25H34N2O4/c1-16-7-10-20-24(3,15-21(28)29-5)12-6-13-25(20,4)19(16)9-8-18-11-14-30-22(18)23-26-17(2)31-27-23/h11,14,19-20H,1,6-10,12-13,15H2,2-5H3/t19-,20-,24+,25+/m0/s1. The number of rotatable bonds is 6. The van der Waals surface area contributed by atoms with Gasteiger partial charge in [0.15, 0.2) is 5.76 Å². The fourth-order valence-corrected chi connectivity index (χ4v) is 6.65. The molecular weight excluding hydrogens is 392 g/mol. The summed E-state index contributed by atoms with van der Waals surface area (Å²) in [5.74, 6) is 2.54. The van der Waals surface area contributed by atoms with Crippen LogP contribution in [0.5, 0.6) is 0 Å². The van der Waals surface area contributed by atoms with E-state index >= 15 is 0 Å². The Morgan fingerprint density at radius 3 is 2.87 bits per heavy atom. The van der Waals surface area contributed by atoms with Crippen LogP contribution >= 0.6 is 0 Å². The molecule has 0 unspecified atom stereocenters. The van der Waals surface area contributed by atoms with Crippen LogP contribution in [0, 0.1) is 29.6 Å². The number of nitrogens with zero attached hydrogens (tertiary/aromatic N) is 2. The number of allylic oxidation sites excluding steroid dienone is 1. The molecule has 0 amide bonds. The molecule has 4 atom stereocenters. The summed E-state index contributed by atoms with van der Waals surface area (Å²) >= 11 is 0. The van der Waals surface area contributed by atoms with E-state index in [1.807, 2.05) is 6.07 Å². The molecule has 168 valence electrons. The maximum atomic E-state index is 12.2. The lowest BCUT2D eigenvalue weighted by atomic mass is 9.46. The lowest BCUT2D eigenvalue weighted by Gasteiger charge is -2.58. The first kappa shape index (κ1) is 21.8. The summed E-state index contributed by atoms with van der Waals surface area (Å²) in [4.78, 5) is 16.5. The van der Waals surface area contributed by atoms with Gasteiger partial charge in [0.05, 0.1) is 19.8 Å². The molecule has 0 N–H and O–H groups in total. The predicted molar refractivity (Wildman–Crippen MR) is 117 cm³/mol. The highest BCUT2D eigenvalue weighted by atomic mass is 16.5. The van der Waals surface area contributed by atoms with E-state index in [9.17, 15) is 4.79 Å². The third-order valence-corrected chi connectivity index (χ3v) is 8.10. The number of aryl methyl sites for hydroxylation is 2. The molecule has 0 aromatic carbocycles. The number of methoxy groups -OCH3 is 1. The van der Waals surface area contributed by atoms with Crippen molar-refractivity contribution in [1.29, 1.82) is 0 Å². The Hall–Kier alpha value is -2.37. The van der Waals surface area contributed by atoms with Gasteiger partial charge in [0.25, 0.3) is 0 Å². The molecule has 2 aliphatic rings. The number of fused-ring (bicyclic) bond motifs is 1. The van der Waals surface area contributed by atoms with Gasteiger partial charge in [-0.2, -0.15) is 4.98 Å². The fourth-order valence-electron chi connectivity index (χ4n) is 6.65. The number of ether oxygens (including phenoxy) is 1. The topological polar surface area (TPSA) is 78.4 Å². The van der Waals surface area contributed by atoms with Crippen LogP contribution in [0.25, 0.3) is 11.6 Å². The summed E-state index contributed by atoms with van der Waals surface area (Å²) in [6.45, 7) is 11.0. The minimum atomic E-state index is -0.0915. The Morgan fingerprint density at radius 1 is 1.35 bits per heavy atom. The third-order valence-electron chi connectivity index (χ3n) is 8.10. The van der Waals surface area contributed by atoms with Crippen molar-refractivity contribution >= 4 is 5.97 Å². The Labute approximate surface area is 184 Å². The summed E-state index contributed by atoms with van der Waals surface area (Å²) in [5, 5.41) is 4.02. The molecule has 0 spiro atoms. The maximum Gasteiger partial charge on any atom is 0.306 e. The highest BCUT2D eigenvalue weighted by molar-refractivity contribution is 5.70. The smallest absolute Gasteiger partial charge is 0.306 e. The second-order valence-electron chi connectivity index (χ2n) is 10.0. The van der Waals surface area contributed by atoms with Gasteiger partial charge in [0, 0.05) is 12.5 Å². The fraction of sp³-hybridized carbons (Fsp3) is 0.640. The zero-order valence-corrected chi connectivity index (χ0v) is 19.2. The second-order valence-corrected chi connectivity index (χ2v) is 10.0. The predicted octanol–water partition coefficient (Wildman–Crippen LogP) is 5.91. The molecule has 0 bridgehead atoms. The summed E-state index contributed by atoms with van der Waals surface area (Å²) < 4.78 is 15.9. The first-order valence-corrected chi connectivity index (χ1v) is 11.4. The van der Waals surface area contributed by atoms with Crippen LogP contribution in [-0.2, 0) is 16.0 Å². The van der Waals surface area contributed by atoms with Crippen molar-refractivity contribution in [2.45, 2.75) is 72.1 Å². The number of carbonyl (C=O) groups is 1. The number of furan rings is 1. The summed E-state index contributed by atoms with van der Waals surface area (Å²) in [7, 11) is 1.49. The van der Waals surface area contributed by atoms with E-state index in [-0.39, 0.29) is 16.8 Å². The molecular formula is C25H34N2O4. The molecule has 2 saturated carbocycles. The molecule has 0 aliphatic heterocycles. The van der Waals surface area contributed by atoms with Gasteiger partial charge in [0.2, 0.25) is 11.7 Å². The molecule has 4 rings (SSSR count). The number of hydrogen-bond acceptors (Lipinski definition) is 6. The van der Waals surface area contributed by atoms with E-state index in [1.54, 1.807) is 13.2 Å². The van der Waals surface area contributed by atoms with Gasteiger partial charge >= 0.3 is 5.97 Å². The van der Waals surface area contributed by atoms with Gasteiger partial charge in [-0.3, -0.25) is 4.79 Å². The molecule has 2 heterocycles. The first-order valence-electron chi connectivity index (χ1n) is 11.4. The van der Waals surface area contributed by atoms with E-state index in [4.69, 9.17) is 13.7 Å². The van der Waals surface area contributed by atoms with Crippen LogP contribution in [0.2, 0.25) is 0 Å². The quantitative estimate of drug-likeness (QED) is 0.422. The van der Waals surface area contributed by atoms with E-state index < -0.39 is 0 Å². The van der Waals surface area contributed by atoms with Crippen LogP contribution < -0.4 is 0 Å². The van der Waals surface area contributed by atoms with Gasteiger partial charge in [0.1, 0.15) is 0 Å². The molecule has 2 aliphatic carbocycles. The Bertz CT molecular complexity index is 960. The van der Waals surface area contributed by atoms with Crippen LogP contribution in [0.4, 0.5) is 0 Å². The number of carbonyl (C=O) groups excluding carboxylic acids is 1. The number of hydrogen-bond donors (Lipinski definition) is 0. The van der Waals surface area contributed by atoms with Crippen molar-refractivity contribution in [2.75, 3.05) is 7.11 Å². The second kappa shape index (κ2) is 8.29. The molecule has 6 heteroatoms. The van der Waals surface area contributed by atoms with Crippen molar-refractivity contribution in [3.63, 3.8) is 0 Å². The van der Waals surface area contributed by atoms with Crippen LogP contribution in [0.1, 0.15) is 70.2 Å². The zero-order valence-electron chi connectivity index (χ0n) is 19.2. The van der Waals surface area contributed by atoms with Crippen LogP contribution in [-0.4, -0.2) is 23.2 Å². The van der Waals surface area contributed by atoms with Crippen LogP contribution in [0.15, 0.2) is 33.4 Å². The van der Waals surface area contributed by atoms with E-state index in [0.717, 1.165) is 44.1 Å². The lowest BCUT2D eigenvalue weighted by Crippen LogP contribution is -2.51. The average Bonchev–Trinajstić information content (AvgIpc) is 3.35.